The number of hydrogen-bond acceptors (Lipinski definition) is 0. The molecule has 0 radical (unpaired) electrons. The molecule has 0 nitrogen and oxygen atoms in total. The summed E-state index contributed by atoms with van der Waals surface area (Å²) in [5.41, 5.74) is 2.14. The summed E-state index contributed by atoms with van der Waals surface area (Å²) in [6, 6.07) is 0. The summed E-state index contributed by atoms with van der Waals surface area (Å²) >= 11 is 0. The van der Waals surface area contributed by atoms with E-state index in [9.17, 15) is 0 Å². The van der Waals surface area contributed by atoms with Gasteiger partial charge in [0.1, 0.15) is 0 Å². The highest BCUT2D eigenvalue weighted by Gasteiger charge is 2.61. The fourth-order valence-corrected chi connectivity index (χ4v) is 18.5. The molecule has 12 unspecified atom stereocenters. The zero-order chi connectivity index (χ0) is 28.7. The third-order valence-corrected chi connectivity index (χ3v) is 18.7. The van der Waals surface area contributed by atoms with Gasteiger partial charge in [-0.3, -0.25) is 0 Å². The molecular formula is C37H72Si. The number of fused-ring (bicyclic) bond motifs is 2. The molecule has 0 bridgehead atoms. The second-order valence-corrected chi connectivity index (χ2v) is 22.4. The SMILES string of the molecule is CC(C)C1CC(C(C)C)C2CC(C)C([Si](C)(C)C3C(C)CC4C(C(C)C)CC(C(C)C)CC43)C2C1.CCC. The minimum atomic E-state index is -1.44. The highest BCUT2D eigenvalue weighted by atomic mass is 28.3. The van der Waals surface area contributed by atoms with E-state index in [2.05, 4.69) is 96.2 Å². The Kier molecular flexibility index (Phi) is 11.2. The van der Waals surface area contributed by atoms with Gasteiger partial charge in [-0.1, -0.05) is 103 Å². The molecule has 0 heterocycles. The van der Waals surface area contributed by atoms with Crippen LogP contribution in [-0.4, -0.2) is 8.07 Å². The van der Waals surface area contributed by atoms with Crippen molar-refractivity contribution in [3.05, 3.63) is 0 Å². The van der Waals surface area contributed by atoms with Crippen molar-refractivity contribution in [3.8, 4) is 0 Å². The van der Waals surface area contributed by atoms with Gasteiger partial charge in [0.25, 0.3) is 0 Å². The van der Waals surface area contributed by atoms with Crippen molar-refractivity contribution >= 4 is 8.07 Å². The molecule has 4 aliphatic rings. The quantitative estimate of drug-likeness (QED) is 0.292. The highest BCUT2D eigenvalue weighted by molar-refractivity contribution is 6.80. The van der Waals surface area contributed by atoms with Gasteiger partial charge in [0.2, 0.25) is 0 Å². The van der Waals surface area contributed by atoms with Gasteiger partial charge in [-0.15, -0.1) is 0 Å². The zero-order valence-corrected chi connectivity index (χ0v) is 29.7. The largest absolute Gasteiger partial charge is 0.0689 e. The Hall–Kier alpha value is 0.217. The van der Waals surface area contributed by atoms with E-state index in [1.165, 1.54) is 19.3 Å². The van der Waals surface area contributed by atoms with Gasteiger partial charge in [-0.05, 0) is 132 Å². The molecule has 4 aliphatic carbocycles. The summed E-state index contributed by atoms with van der Waals surface area (Å²) < 4.78 is 0. The average molecular weight is 545 g/mol. The summed E-state index contributed by atoms with van der Waals surface area (Å²) in [6.45, 7) is 35.8. The van der Waals surface area contributed by atoms with Gasteiger partial charge < -0.3 is 0 Å². The second-order valence-electron chi connectivity index (χ2n) is 17.4. The van der Waals surface area contributed by atoms with E-state index in [1.807, 2.05) is 0 Å². The molecule has 0 aromatic carbocycles. The Labute approximate surface area is 242 Å². The first-order valence-corrected chi connectivity index (χ1v) is 20.8. The van der Waals surface area contributed by atoms with Gasteiger partial charge in [0, 0.05) is 0 Å². The number of rotatable bonds is 6. The van der Waals surface area contributed by atoms with E-state index < -0.39 is 8.07 Å². The predicted molar refractivity (Wildman–Crippen MR) is 174 cm³/mol. The van der Waals surface area contributed by atoms with E-state index in [4.69, 9.17) is 0 Å². The van der Waals surface area contributed by atoms with Crippen LogP contribution in [0.2, 0.25) is 24.2 Å². The maximum absolute atomic E-state index is 2.92. The van der Waals surface area contributed by atoms with Gasteiger partial charge in [-0.25, -0.2) is 0 Å². The number of hydrogen-bond donors (Lipinski definition) is 0. The minimum Gasteiger partial charge on any atom is -0.0689 e. The van der Waals surface area contributed by atoms with Crippen LogP contribution in [-0.2, 0) is 0 Å². The van der Waals surface area contributed by atoms with Crippen LogP contribution in [0.15, 0.2) is 0 Å². The van der Waals surface area contributed by atoms with E-state index in [1.54, 1.807) is 25.7 Å². The summed E-state index contributed by atoms with van der Waals surface area (Å²) in [7, 11) is -1.44. The zero-order valence-electron chi connectivity index (χ0n) is 28.7. The fraction of sp³-hybridized carbons (Fsp3) is 1.00. The molecule has 0 saturated heterocycles. The van der Waals surface area contributed by atoms with Crippen LogP contribution in [0.4, 0.5) is 0 Å². The van der Waals surface area contributed by atoms with Crippen molar-refractivity contribution in [3.63, 3.8) is 0 Å². The molecule has 0 spiro atoms. The van der Waals surface area contributed by atoms with Crippen LogP contribution in [0.5, 0.6) is 0 Å². The van der Waals surface area contributed by atoms with E-state index >= 15 is 0 Å². The molecule has 38 heavy (non-hydrogen) atoms. The van der Waals surface area contributed by atoms with Gasteiger partial charge in [0.05, 0.1) is 8.07 Å². The van der Waals surface area contributed by atoms with Crippen molar-refractivity contribution in [2.75, 3.05) is 0 Å². The lowest BCUT2D eigenvalue weighted by Gasteiger charge is -2.52. The summed E-state index contributed by atoms with van der Waals surface area (Å²) in [5, 5.41) is 0. The third kappa shape index (κ3) is 6.33. The van der Waals surface area contributed by atoms with Crippen molar-refractivity contribution in [2.45, 2.75) is 152 Å². The topological polar surface area (TPSA) is 0 Å². The molecular weight excluding hydrogens is 472 g/mol. The Morgan fingerprint density at radius 2 is 0.816 bits per heavy atom. The molecule has 0 N–H and O–H groups in total. The van der Waals surface area contributed by atoms with Crippen molar-refractivity contribution in [1.82, 2.24) is 0 Å². The molecule has 0 aromatic heterocycles. The molecule has 0 aliphatic heterocycles. The Morgan fingerprint density at radius 3 is 1.08 bits per heavy atom. The monoisotopic (exact) mass is 545 g/mol. The first-order valence-electron chi connectivity index (χ1n) is 17.7. The molecule has 12 atom stereocenters. The van der Waals surface area contributed by atoms with E-state index in [-0.39, 0.29) is 0 Å². The van der Waals surface area contributed by atoms with Crippen LogP contribution in [0.25, 0.3) is 0 Å². The lowest BCUT2D eigenvalue weighted by atomic mass is 9.63. The maximum atomic E-state index is 2.92. The Bertz CT molecular complexity index is 660. The minimum absolute atomic E-state index is 0.866. The lowest BCUT2D eigenvalue weighted by molar-refractivity contribution is 0.0689. The first-order chi connectivity index (χ1) is 17.7. The predicted octanol–water partition coefficient (Wildman–Crippen LogP) is 12.1. The van der Waals surface area contributed by atoms with Crippen molar-refractivity contribution < 1.29 is 0 Å². The van der Waals surface area contributed by atoms with Crippen LogP contribution in [0.1, 0.15) is 128 Å². The fourth-order valence-electron chi connectivity index (χ4n) is 11.9. The van der Waals surface area contributed by atoms with Crippen molar-refractivity contribution in [2.24, 2.45) is 82.9 Å². The van der Waals surface area contributed by atoms with Gasteiger partial charge in [0.15, 0.2) is 0 Å². The third-order valence-electron chi connectivity index (χ3n) is 13.3. The Balaban J connectivity index is 0.00000127. The molecule has 224 valence electrons. The van der Waals surface area contributed by atoms with E-state index in [0.29, 0.717) is 0 Å². The standard InChI is InChI=1S/C34H64Si.C3H8/c1-19(2)25-15-27(21(5)6)29-13-23(9)33(31(29)17-25)35(11,12)34-24(10)14-30-28(22(7)8)16-26(20(3)4)18-32(30)34;1-3-2/h19-34H,13-18H2,1-12H3;3H2,1-2H3. The average Bonchev–Trinajstić information content (AvgIpc) is 3.33. The first kappa shape index (κ1) is 32.7. The van der Waals surface area contributed by atoms with Crippen molar-refractivity contribution in [1.29, 1.82) is 0 Å². The van der Waals surface area contributed by atoms with Crippen LogP contribution < -0.4 is 0 Å². The molecule has 4 fully saturated rings. The Morgan fingerprint density at radius 1 is 0.500 bits per heavy atom. The van der Waals surface area contributed by atoms with Gasteiger partial charge >= 0.3 is 0 Å². The molecule has 4 rings (SSSR count). The summed E-state index contributed by atoms with van der Waals surface area (Å²) in [6.07, 6.45) is 10.5. The summed E-state index contributed by atoms with van der Waals surface area (Å²) in [5.74, 6) is 13.5. The second kappa shape index (κ2) is 13.0. The maximum Gasteiger partial charge on any atom is 0.0546 e. The molecule has 1 heteroatoms. The highest BCUT2D eigenvalue weighted by Crippen LogP contribution is 2.67. The van der Waals surface area contributed by atoms with Crippen LogP contribution in [0.3, 0.4) is 0 Å². The van der Waals surface area contributed by atoms with Crippen LogP contribution >= 0.6 is 0 Å². The van der Waals surface area contributed by atoms with Crippen LogP contribution in [0, 0.1) is 82.9 Å². The molecule has 0 amide bonds. The van der Waals surface area contributed by atoms with E-state index in [0.717, 1.165) is 93.9 Å². The smallest absolute Gasteiger partial charge is 0.0546 e. The normalized spacial score (nSPS) is 43.4. The summed E-state index contributed by atoms with van der Waals surface area (Å²) in [4.78, 5) is 0. The lowest BCUT2D eigenvalue weighted by Crippen LogP contribution is -2.49. The molecule has 0 aromatic rings. The van der Waals surface area contributed by atoms with Gasteiger partial charge in [-0.2, -0.15) is 0 Å². The molecule has 4 saturated carbocycles.